The van der Waals surface area contributed by atoms with Crippen LogP contribution in [0.2, 0.25) is 0 Å². The van der Waals surface area contributed by atoms with Crippen LogP contribution in [-0.4, -0.2) is 0 Å². The van der Waals surface area contributed by atoms with Crippen LogP contribution in [0.3, 0.4) is 0 Å². The quantitative estimate of drug-likeness (QED) is 0.594. The Morgan fingerprint density at radius 1 is 1.06 bits per heavy atom. The molecule has 0 aliphatic rings. The van der Waals surface area contributed by atoms with Crippen LogP contribution in [-0.2, 0) is 32.7 Å². The van der Waals surface area contributed by atoms with Gasteiger partial charge in [0.05, 0.1) is 0 Å². The average molecular weight is 299 g/mol. The molecule has 0 nitrogen and oxygen atoms in total. The van der Waals surface area contributed by atoms with Crippen molar-refractivity contribution in [2.45, 2.75) is 61.8 Å². The first-order valence-electron chi connectivity index (χ1n) is 6.00. The van der Waals surface area contributed by atoms with Gasteiger partial charge in [0.1, 0.15) is 0 Å². The van der Waals surface area contributed by atoms with Crippen molar-refractivity contribution >= 4 is 0 Å². The van der Waals surface area contributed by atoms with Gasteiger partial charge in [-0.15, -0.1) is 0 Å². The zero-order chi connectivity index (χ0) is 12.7. The summed E-state index contributed by atoms with van der Waals surface area (Å²) in [4.78, 5) is 0. The van der Waals surface area contributed by atoms with Crippen molar-refractivity contribution in [1.82, 2.24) is 0 Å². The van der Waals surface area contributed by atoms with E-state index in [9.17, 15) is 0 Å². The molecule has 0 aromatic heterocycles. The molecular formula is C15H30Y-2. The fourth-order valence-electron chi connectivity index (χ4n) is 0.861. The largest absolute Gasteiger partial charge is 0.336 e. The molecule has 0 unspecified atom stereocenters. The minimum Gasteiger partial charge on any atom is -0.336 e. The zero-order valence-electron chi connectivity index (χ0n) is 12.6. The maximum Gasteiger partial charge on any atom is 0 e. The van der Waals surface area contributed by atoms with Gasteiger partial charge in [-0.1, -0.05) is 55.4 Å². The van der Waals surface area contributed by atoms with Gasteiger partial charge in [-0.25, -0.2) is 18.9 Å². The van der Waals surface area contributed by atoms with Crippen LogP contribution in [0, 0.1) is 24.2 Å². The van der Waals surface area contributed by atoms with Crippen LogP contribution in [0.5, 0.6) is 0 Å². The average Bonchev–Trinajstić information content (AvgIpc) is 2.04. The number of hydrogen-bond acceptors (Lipinski definition) is 0. The molecule has 0 atom stereocenters. The Balaban J connectivity index is -0.000000529. The van der Waals surface area contributed by atoms with Gasteiger partial charge in [0, 0.05) is 32.7 Å². The van der Waals surface area contributed by atoms with E-state index in [1.807, 2.05) is 13.8 Å². The Morgan fingerprint density at radius 3 is 1.69 bits per heavy atom. The smallest absolute Gasteiger partial charge is 0 e. The Hall–Kier alpha value is 0.714. The van der Waals surface area contributed by atoms with E-state index in [1.54, 1.807) is 0 Å². The first kappa shape index (κ1) is 21.9. The molecule has 16 heavy (non-hydrogen) atoms. The minimum absolute atomic E-state index is 0. The van der Waals surface area contributed by atoms with Gasteiger partial charge in [-0.2, -0.15) is 5.41 Å². The SMILES string of the molecule is CC.[CH2-]C(=CC[CH-]C(C)(C)C)C(C)(C)C.[Y]. The van der Waals surface area contributed by atoms with Crippen LogP contribution in [0.25, 0.3) is 0 Å². The van der Waals surface area contributed by atoms with Crippen molar-refractivity contribution in [1.29, 1.82) is 0 Å². The topological polar surface area (TPSA) is 0 Å². The molecule has 0 spiro atoms. The Morgan fingerprint density at radius 2 is 1.44 bits per heavy atom. The number of hydrogen-bond donors (Lipinski definition) is 0. The van der Waals surface area contributed by atoms with Crippen LogP contribution in [0.1, 0.15) is 61.8 Å². The predicted octanol–water partition coefficient (Wildman–Crippen LogP) is 5.46. The second-order valence-corrected chi connectivity index (χ2v) is 5.79. The first-order chi connectivity index (χ1) is 6.63. The first-order valence-corrected chi connectivity index (χ1v) is 6.00. The fraction of sp³-hybridized carbons (Fsp3) is 0.733. The molecule has 0 amide bonds. The molecule has 0 aliphatic carbocycles. The van der Waals surface area contributed by atoms with Crippen molar-refractivity contribution in [2.24, 2.45) is 10.8 Å². The summed E-state index contributed by atoms with van der Waals surface area (Å²) in [5, 5.41) is 0. The molecular weight excluding hydrogens is 269 g/mol. The van der Waals surface area contributed by atoms with Crippen molar-refractivity contribution < 1.29 is 32.7 Å². The van der Waals surface area contributed by atoms with E-state index in [4.69, 9.17) is 0 Å². The monoisotopic (exact) mass is 299 g/mol. The van der Waals surface area contributed by atoms with Gasteiger partial charge >= 0.3 is 0 Å². The molecule has 0 saturated carbocycles. The Kier molecular flexibility index (Phi) is 13.3. The molecule has 0 aromatic rings. The fourth-order valence-corrected chi connectivity index (χ4v) is 0.861. The molecule has 95 valence electrons. The summed E-state index contributed by atoms with van der Waals surface area (Å²) in [6, 6.07) is 0. The van der Waals surface area contributed by atoms with Crippen molar-refractivity contribution in [2.75, 3.05) is 0 Å². The van der Waals surface area contributed by atoms with Gasteiger partial charge in [-0.05, 0) is 5.41 Å². The van der Waals surface area contributed by atoms with E-state index >= 15 is 0 Å². The van der Waals surface area contributed by atoms with E-state index in [2.05, 4.69) is 61.0 Å². The molecule has 0 saturated heterocycles. The molecule has 0 N–H and O–H groups in total. The van der Waals surface area contributed by atoms with Crippen molar-refractivity contribution in [3.8, 4) is 0 Å². The van der Waals surface area contributed by atoms with Crippen LogP contribution < -0.4 is 0 Å². The summed E-state index contributed by atoms with van der Waals surface area (Å²) in [6.07, 6.45) is 5.58. The third-order valence-corrected chi connectivity index (χ3v) is 2.06. The van der Waals surface area contributed by atoms with E-state index in [0.717, 1.165) is 6.42 Å². The molecule has 0 aliphatic heterocycles. The third kappa shape index (κ3) is 14.7. The van der Waals surface area contributed by atoms with E-state index < -0.39 is 0 Å². The van der Waals surface area contributed by atoms with E-state index in [-0.39, 0.29) is 38.1 Å². The van der Waals surface area contributed by atoms with Gasteiger partial charge in [0.15, 0.2) is 0 Å². The molecule has 1 heteroatoms. The molecule has 0 aromatic carbocycles. The molecule has 0 rings (SSSR count). The van der Waals surface area contributed by atoms with Crippen molar-refractivity contribution in [3.63, 3.8) is 0 Å². The Bertz CT molecular complexity index is 177. The van der Waals surface area contributed by atoms with Gasteiger partial charge < -0.3 is 6.42 Å². The summed E-state index contributed by atoms with van der Waals surface area (Å²) >= 11 is 0. The van der Waals surface area contributed by atoms with Crippen LogP contribution in [0.4, 0.5) is 0 Å². The molecule has 1 radical (unpaired) electrons. The standard InChI is InChI=1S/C13H24.C2H6.Y/c1-11(13(5,6)7)9-8-10-12(2,3)4;1-2;/h9-10H,1,8H2,2-7H3;1-2H3;/q-2;;. The minimum atomic E-state index is 0. The second-order valence-electron chi connectivity index (χ2n) is 5.79. The molecule has 0 fully saturated rings. The van der Waals surface area contributed by atoms with Crippen LogP contribution >= 0.6 is 0 Å². The Labute approximate surface area is 130 Å². The summed E-state index contributed by atoms with van der Waals surface area (Å²) in [5.74, 6) is 0. The summed E-state index contributed by atoms with van der Waals surface area (Å²) < 4.78 is 0. The number of allylic oxidation sites excluding steroid dienone is 2. The summed E-state index contributed by atoms with van der Waals surface area (Å²) in [5.41, 5.74) is 1.76. The van der Waals surface area contributed by atoms with E-state index in [0.29, 0.717) is 5.41 Å². The maximum absolute atomic E-state index is 4.07. The normalized spacial score (nSPS) is 12.4. The summed E-state index contributed by atoms with van der Waals surface area (Å²) in [7, 11) is 0. The summed E-state index contributed by atoms with van der Waals surface area (Å²) in [6.45, 7) is 21.3. The molecule has 0 bridgehead atoms. The van der Waals surface area contributed by atoms with E-state index in [1.165, 1.54) is 5.57 Å². The van der Waals surface area contributed by atoms with Gasteiger partial charge in [0.2, 0.25) is 0 Å². The predicted molar refractivity (Wildman–Crippen MR) is 72.6 cm³/mol. The van der Waals surface area contributed by atoms with Crippen molar-refractivity contribution in [3.05, 3.63) is 25.0 Å². The van der Waals surface area contributed by atoms with Crippen LogP contribution in [0.15, 0.2) is 11.6 Å². The zero-order valence-corrected chi connectivity index (χ0v) is 15.5. The number of rotatable bonds is 2. The van der Waals surface area contributed by atoms with Gasteiger partial charge in [-0.3, -0.25) is 6.08 Å². The van der Waals surface area contributed by atoms with Gasteiger partial charge in [0.25, 0.3) is 0 Å². The third-order valence-electron chi connectivity index (χ3n) is 2.06. The maximum atomic E-state index is 4.07. The molecule has 0 heterocycles. The second kappa shape index (κ2) is 9.71.